The molecule has 0 spiro atoms. The standard InChI is InChI=1S/C20H27N3O3S2/c1-2-23(16-9-12-28(25,26)14-16)19(24)13-22-10-7-15(8-11-22)20-21-17-5-3-4-6-18(17)27-20/h3-6,15-16H,2,7-14H2,1H3/p+1/t16-/m1/s1. The maximum atomic E-state index is 12.8. The van der Waals surface area contributed by atoms with Crippen LogP contribution in [-0.4, -0.2) is 67.9 Å². The van der Waals surface area contributed by atoms with Crippen LogP contribution in [0.5, 0.6) is 0 Å². The molecule has 2 fully saturated rings. The van der Waals surface area contributed by atoms with Gasteiger partial charge in [0.2, 0.25) is 0 Å². The number of hydrogen-bond acceptors (Lipinski definition) is 5. The minimum atomic E-state index is -2.97. The van der Waals surface area contributed by atoms with E-state index < -0.39 is 9.84 Å². The van der Waals surface area contributed by atoms with Gasteiger partial charge in [-0.15, -0.1) is 11.3 Å². The molecule has 1 atom stereocenters. The summed E-state index contributed by atoms with van der Waals surface area (Å²) < 4.78 is 24.8. The van der Waals surface area contributed by atoms with Gasteiger partial charge in [-0.1, -0.05) is 12.1 Å². The van der Waals surface area contributed by atoms with Gasteiger partial charge in [0.05, 0.1) is 39.8 Å². The number of piperidine rings is 1. The molecule has 3 heterocycles. The zero-order valence-electron chi connectivity index (χ0n) is 16.3. The molecule has 1 aromatic heterocycles. The van der Waals surface area contributed by atoms with Crippen molar-refractivity contribution in [2.24, 2.45) is 0 Å². The Morgan fingerprint density at radius 1 is 1.25 bits per heavy atom. The van der Waals surface area contributed by atoms with Gasteiger partial charge in [0.15, 0.2) is 16.4 Å². The predicted octanol–water partition coefficient (Wildman–Crippen LogP) is 1.09. The second-order valence-corrected chi connectivity index (χ2v) is 11.2. The van der Waals surface area contributed by atoms with Gasteiger partial charge >= 0.3 is 0 Å². The summed E-state index contributed by atoms with van der Waals surface area (Å²) in [5, 5.41) is 1.22. The van der Waals surface area contributed by atoms with Gasteiger partial charge in [-0.25, -0.2) is 13.4 Å². The first kappa shape index (κ1) is 19.8. The Kier molecular flexibility index (Phi) is 5.71. The third-order valence-corrected chi connectivity index (χ3v) is 9.01. The second kappa shape index (κ2) is 8.08. The highest BCUT2D eigenvalue weighted by atomic mass is 32.2. The molecular weight excluding hydrogens is 394 g/mol. The van der Waals surface area contributed by atoms with Crippen molar-refractivity contribution < 1.29 is 18.1 Å². The van der Waals surface area contributed by atoms with Crippen molar-refractivity contribution >= 4 is 37.3 Å². The number of carbonyl (C=O) groups excluding carboxylic acids is 1. The molecule has 0 unspecified atom stereocenters. The van der Waals surface area contributed by atoms with E-state index in [9.17, 15) is 13.2 Å². The number of benzene rings is 1. The number of hydrogen-bond donors (Lipinski definition) is 1. The molecule has 2 aliphatic rings. The van der Waals surface area contributed by atoms with Crippen LogP contribution in [0, 0.1) is 0 Å². The Morgan fingerprint density at radius 2 is 2.00 bits per heavy atom. The zero-order chi connectivity index (χ0) is 19.7. The number of aromatic nitrogens is 1. The highest BCUT2D eigenvalue weighted by Crippen LogP contribution is 2.31. The van der Waals surface area contributed by atoms with Crippen molar-refractivity contribution in [1.82, 2.24) is 9.88 Å². The number of likely N-dealkylation sites (tertiary alicyclic amines) is 1. The van der Waals surface area contributed by atoms with Crippen LogP contribution in [0.1, 0.15) is 37.1 Å². The van der Waals surface area contributed by atoms with E-state index in [2.05, 4.69) is 18.2 Å². The summed E-state index contributed by atoms with van der Waals surface area (Å²) in [6.45, 7) is 4.93. The van der Waals surface area contributed by atoms with Crippen LogP contribution in [0.4, 0.5) is 0 Å². The molecule has 1 aromatic carbocycles. The summed E-state index contributed by atoms with van der Waals surface area (Å²) in [6, 6.07) is 8.13. The number of fused-ring (bicyclic) bond motifs is 1. The molecule has 4 rings (SSSR count). The Hall–Kier alpha value is -1.51. The number of amides is 1. The van der Waals surface area contributed by atoms with Crippen LogP contribution in [0.15, 0.2) is 24.3 Å². The summed E-state index contributed by atoms with van der Waals surface area (Å²) >= 11 is 1.79. The van der Waals surface area contributed by atoms with E-state index in [4.69, 9.17) is 4.98 Å². The average molecular weight is 423 g/mol. The molecule has 2 aliphatic heterocycles. The first-order chi connectivity index (χ1) is 13.4. The Balaban J connectivity index is 1.32. The van der Waals surface area contributed by atoms with Crippen LogP contribution >= 0.6 is 11.3 Å². The molecule has 0 aliphatic carbocycles. The minimum Gasteiger partial charge on any atom is -0.334 e. The minimum absolute atomic E-state index is 0.0954. The van der Waals surface area contributed by atoms with Crippen LogP contribution in [0.25, 0.3) is 10.2 Å². The number of quaternary nitrogens is 1. The number of thiazole rings is 1. The van der Waals surface area contributed by atoms with Crippen molar-refractivity contribution in [1.29, 1.82) is 0 Å². The lowest BCUT2D eigenvalue weighted by Crippen LogP contribution is -3.14. The lowest BCUT2D eigenvalue weighted by Gasteiger charge is -2.31. The van der Waals surface area contributed by atoms with E-state index in [1.165, 1.54) is 14.6 Å². The number of nitrogens with one attached hydrogen (secondary N) is 1. The molecule has 1 amide bonds. The number of carbonyl (C=O) groups is 1. The smallest absolute Gasteiger partial charge is 0.278 e. The highest BCUT2D eigenvalue weighted by Gasteiger charge is 2.35. The fraction of sp³-hybridized carbons (Fsp3) is 0.600. The summed E-state index contributed by atoms with van der Waals surface area (Å²) in [5.74, 6) is 0.917. The van der Waals surface area contributed by atoms with Gasteiger partial charge in [0, 0.05) is 31.3 Å². The quantitative estimate of drug-likeness (QED) is 0.783. The third kappa shape index (κ3) is 4.23. The van der Waals surface area contributed by atoms with E-state index >= 15 is 0 Å². The summed E-state index contributed by atoms with van der Waals surface area (Å²) in [7, 11) is -2.97. The largest absolute Gasteiger partial charge is 0.334 e. The van der Waals surface area contributed by atoms with Gasteiger partial charge in [-0.2, -0.15) is 0 Å². The number of nitrogens with zero attached hydrogens (tertiary/aromatic N) is 2. The molecule has 2 saturated heterocycles. The van der Waals surface area contributed by atoms with Gasteiger partial charge in [-0.05, 0) is 25.5 Å². The Bertz CT molecular complexity index is 916. The maximum Gasteiger partial charge on any atom is 0.278 e. The van der Waals surface area contributed by atoms with E-state index in [-0.39, 0.29) is 23.5 Å². The van der Waals surface area contributed by atoms with Crippen molar-refractivity contribution in [3.8, 4) is 0 Å². The highest BCUT2D eigenvalue weighted by molar-refractivity contribution is 7.91. The summed E-state index contributed by atoms with van der Waals surface area (Å²) in [4.78, 5) is 20.7. The van der Waals surface area contributed by atoms with E-state index in [1.807, 2.05) is 13.0 Å². The van der Waals surface area contributed by atoms with Crippen LogP contribution < -0.4 is 4.90 Å². The maximum absolute atomic E-state index is 12.8. The lowest BCUT2D eigenvalue weighted by atomic mass is 9.97. The molecule has 8 heteroatoms. The second-order valence-electron chi connectivity index (χ2n) is 7.96. The molecule has 28 heavy (non-hydrogen) atoms. The molecule has 6 nitrogen and oxygen atoms in total. The molecule has 2 aromatic rings. The Morgan fingerprint density at radius 3 is 2.64 bits per heavy atom. The number of para-hydroxylation sites is 1. The molecule has 0 bridgehead atoms. The number of sulfone groups is 1. The molecule has 0 radical (unpaired) electrons. The molecular formula is C20H28N3O3S2+. The van der Waals surface area contributed by atoms with Crippen LogP contribution in [0.3, 0.4) is 0 Å². The van der Waals surface area contributed by atoms with E-state index in [1.54, 1.807) is 16.2 Å². The van der Waals surface area contributed by atoms with E-state index in [0.717, 1.165) is 31.4 Å². The molecule has 0 saturated carbocycles. The van der Waals surface area contributed by atoms with Crippen molar-refractivity contribution in [3.63, 3.8) is 0 Å². The topological polar surface area (TPSA) is 71.8 Å². The average Bonchev–Trinajstić information content (AvgIpc) is 3.26. The van der Waals surface area contributed by atoms with Crippen LogP contribution in [-0.2, 0) is 14.6 Å². The van der Waals surface area contributed by atoms with Gasteiger partial charge in [0.25, 0.3) is 5.91 Å². The zero-order valence-corrected chi connectivity index (χ0v) is 17.9. The van der Waals surface area contributed by atoms with Crippen molar-refractivity contribution in [2.75, 3.05) is 37.7 Å². The Labute approximate surface area is 170 Å². The summed E-state index contributed by atoms with van der Waals surface area (Å²) in [5.41, 5.74) is 1.08. The van der Waals surface area contributed by atoms with Crippen LogP contribution in [0.2, 0.25) is 0 Å². The normalized spacial score (nSPS) is 27.1. The first-order valence-corrected chi connectivity index (χ1v) is 12.8. The number of rotatable bonds is 5. The number of likely N-dealkylation sites (N-methyl/N-ethyl adjacent to an activating group) is 1. The SMILES string of the molecule is CCN(C(=O)C[NH+]1CCC(c2nc3ccccc3s2)CC1)[C@@H]1CCS(=O)(=O)C1. The molecule has 152 valence electrons. The third-order valence-electron chi connectivity index (χ3n) is 6.06. The monoisotopic (exact) mass is 422 g/mol. The summed E-state index contributed by atoms with van der Waals surface area (Å²) in [6.07, 6.45) is 2.68. The predicted molar refractivity (Wildman–Crippen MR) is 112 cm³/mol. The fourth-order valence-electron chi connectivity index (χ4n) is 4.49. The van der Waals surface area contributed by atoms with Crippen molar-refractivity contribution in [2.45, 2.75) is 38.1 Å². The van der Waals surface area contributed by atoms with Gasteiger partial charge in [0.1, 0.15) is 0 Å². The molecule has 1 N–H and O–H groups in total. The van der Waals surface area contributed by atoms with Crippen molar-refractivity contribution in [3.05, 3.63) is 29.3 Å². The van der Waals surface area contributed by atoms with E-state index in [0.29, 0.717) is 25.4 Å². The van der Waals surface area contributed by atoms with Gasteiger partial charge < -0.3 is 9.80 Å². The lowest BCUT2D eigenvalue weighted by molar-refractivity contribution is -0.897. The fourth-order valence-corrected chi connectivity index (χ4v) is 7.36. The van der Waals surface area contributed by atoms with Gasteiger partial charge in [-0.3, -0.25) is 4.79 Å². The first-order valence-electron chi connectivity index (χ1n) is 10.1.